The fourth-order valence-corrected chi connectivity index (χ4v) is 2.45. The fourth-order valence-electron chi connectivity index (χ4n) is 2.45. The Balaban J connectivity index is 2.11. The number of nitrogens with zero attached hydrogens (tertiary/aromatic N) is 1. The van der Waals surface area contributed by atoms with Gasteiger partial charge in [-0.2, -0.15) is 0 Å². The van der Waals surface area contributed by atoms with Crippen LogP contribution in [0.2, 0.25) is 0 Å². The highest BCUT2D eigenvalue weighted by molar-refractivity contribution is 5.54. The van der Waals surface area contributed by atoms with Gasteiger partial charge in [-0.1, -0.05) is 17.7 Å². The summed E-state index contributed by atoms with van der Waals surface area (Å²) in [6.45, 7) is 6.60. The van der Waals surface area contributed by atoms with Crippen molar-refractivity contribution in [1.29, 1.82) is 0 Å². The SMILES string of the molecule is Cc1ccc(N(C)CC2(CO)COC2)c(C)c1. The average Bonchev–Trinajstić information content (AvgIpc) is 2.23. The minimum absolute atomic E-state index is 0.0634. The van der Waals surface area contributed by atoms with Gasteiger partial charge in [0.05, 0.1) is 25.2 Å². The summed E-state index contributed by atoms with van der Waals surface area (Å²) in [5.74, 6) is 0. The Morgan fingerprint density at radius 3 is 2.53 bits per heavy atom. The molecular formula is C14H21NO2. The number of hydrogen-bond acceptors (Lipinski definition) is 3. The maximum Gasteiger partial charge on any atom is 0.0584 e. The van der Waals surface area contributed by atoms with E-state index in [0.717, 1.165) is 6.54 Å². The molecule has 0 bridgehead atoms. The molecule has 1 saturated heterocycles. The molecule has 3 heteroatoms. The highest BCUT2D eigenvalue weighted by atomic mass is 16.5. The topological polar surface area (TPSA) is 32.7 Å². The molecule has 0 amide bonds. The lowest BCUT2D eigenvalue weighted by molar-refractivity contribution is -0.130. The van der Waals surface area contributed by atoms with Crippen LogP contribution in [0.3, 0.4) is 0 Å². The van der Waals surface area contributed by atoms with E-state index < -0.39 is 0 Å². The van der Waals surface area contributed by atoms with E-state index in [-0.39, 0.29) is 12.0 Å². The minimum atomic E-state index is -0.0634. The Morgan fingerprint density at radius 2 is 2.06 bits per heavy atom. The molecule has 0 atom stereocenters. The third kappa shape index (κ3) is 2.45. The quantitative estimate of drug-likeness (QED) is 0.863. The zero-order valence-electron chi connectivity index (χ0n) is 10.9. The molecule has 1 heterocycles. The first-order valence-corrected chi connectivity index (χ1v) is 6.03. The fraction of sp³-hybridized carbons (Fsp3) is 0.571. The second-order valence-electron chi connectivity index (χ2n) is 5.30. The van der Waals surface area contributed by atoms with Gasteiger partial charge in [-0.05, 0) is 25.5 Å². The van der Waals surface area contributed by atoms with Gasteiger partial charge in [0.2, 0.25) is 0 Å². The standard InChI is InChI=1S/C14H21NO2/c1-11-4-5-13(12(2)6-11)15(3)7-14(8-16)9-17-10-14/h4-6,16H,7-10H2,1-3H3. The molecule has 1 aliphatic heterocycles. The first kappa shape index (κ1) is 12.4. The molecule has 1 aromatic rings. The van der Waals surface area contributed by atoms with Gasteiger partial charge in [0.1, 0.15) is 0 Å². The lowest BCUT2D eigenvalue weighted by Gasteiger charge is -2.43. The number of aliphatic hydroxyl groups is 1. The van der Waals surface area contributed by atoms with Crippen molar-refractivity contribution in [3.05, 3.63) is 29.3 Å². The van der Waals surface area contributed by atoms with Gasteiger partial charge in [-0.15, -0.1) is 0 Å². The van der Waals surface area contributed by atoms with Gasteiger partial charge < -0.3 is 14.7 Å². The number of aryl methyl sites for hydroxylation is 2. The molecule has 1 N–H and O–H groups in total. The van der Waals surface area contributed by atoms with Gasteiger partial charge in [0, 0.05) is 19.3 Å². The van der Waals surface area contributed by atoms with Crippen LogP contribution < -0.4 is 4.90 Å². The van der Waals surface area contributed by atoms with Crippen LogP contribution >= 0.6 is 0 Å². The van der Waals surface area contributed by atoms with Crippen LogP contribution in [-0.4, -0.2) is 38.5 Å². The van der Waals surface area contributed by atoms with Crippen molar-refractivity contribution in [2.24, 2.45) is 5.41 Å². The Bertz CT molecular complexity index is 394. The molecule has 17 heavy (non-hydrogen) atoms. The maximum atomic E-state index is 9.44. The molecule has 1 aromatic carbocycles. The molecule has 1 fully saturated rings. The lowest BCUT2D eigenvalue weighted by Crippen LogP contribution is -2.52. The zero-order valence-corrected chi connectivity index (χ0v) is 10.9. The van der Waals surface area contributed by atoms with Gasteiger partial charge in [0.15, 0.2) is 0 Å². The van der Waals surface area contributed by atoms with Crippen LogP contribution in [0, 0.1) is 19.3 Å². The number of rotatable bonds is 4. The van der Waals surface area contributed by atoms with E-state index in [1.54, 1.807) is 0 Å². The highest BCUT2D eigenvalue weighted by Gasteiger charge is 2.39. The summed E-state index contributed by atoms with van der Waals surface area (Å²) >= 11 is 0. The Morgan fingerprint density at radius 1 is 1.35 bits per heavy atom. The molecule has 94 valence electrons. The second kappa shape index (κ2) is 4.67. The van der Waals surface area contributed by atoms with E-state index in [9.17, 15) is 5.11 Å². The van der Waals surface area contributed by atoms with Crippen molar-refractivity contribution in [2.75, 3.05) is 38.3 Å². The zero-order chi connectivity index (χ0) is 12.5. The second-order valence-corrected chi connectivity index (χ2v) is 5.30. The summed E-state index contributed by atoms with van der Waals surface area (Å²) in [6.07, 6.45) is 0. The molecule has 1 aliphatic rings. The number of anilines is 1. The van der Waals surface area contributed by atoms with E-state index in [0.29, 0.717) is 13.2 Å². The molecule has 0 spiro atoms. The van der Waals surface area contributed by atoms with Crippen LogP contribution in [0.1, 0.15) is 11.1 Å². The molecule has 3 nitrogen and oxygen atoms in total. The maximum absolute atomic E-state index is 9.44. The van der Waals surface area contributed by atoms with E-state index >= 15 is 0 Å². The molecule has 0 saturated carbocycles. The monoisotopic (exact) mass is 235 g/mol. The first-order valence-electron chi connectivity index (χ1n) is 6.03. The predicted octanol–water partition coefficient (Wildman–Crippen LogP) is 1.75. The first-order chi connectivity index (χ1) is 8.06. The summed E-state index contributed by atoms with van der Waals surface area (Å²) in [7, 11) is 2.08. The van der Waals surface area contributed by atoms with Crippen molar-refractivity contribution in [1.82, 2.24) is 0 Å². The number of ether oxygens (including phenoxy) is 1. The van der Waals surface area contributed by atoms with Crippen LogP contribution in [0.4, 0.5) is 5.69 Å². The van der Waals surface area contributed by atoms with Gasteiger partial charge in [-0.3, -0.25) is 0 Å². The molecular weight excluding hydrogens is 214 g/mol. The largest absolute Gasteiger partial charge is 0.396 e. The highest BCUT2D eigenvalue weighted by Crippen LogP contribution is 2.30. The van der Waals surface area contributed by atoms with Crippen molar-refractivity contribution in [3.63, 3.8) is 0 Å². The summed E-state index contributed by atoms with van der Waals surface area (Å²) in [5.41, 5.74) is 3.73. The van der Waals surface area contributed by atoms with Gasteiger partial charge in [0.25, 0.3) is 0 Å². The third-order valence-electron chi connectivity index (χ3n) is 3.49. The third-order valence-corrected chi connectivity index (χ3v) is 3.49. The van der Waals surface area contributed by atoms with Crippen molar-refractivity contribution < 1.29 is 9.84 Å². The van der Waals surface area contributed by atoms with E-state index in [2.05, 4.69) is 44.0 Å². The van der Waals surface area contributed by atoms with Crippen LogP contribution in [0.25, 0.3) is 0 Å². The molecule has 0 unspecified atom stereocenters. The summed E-state index contributed by atoms with van der Waals surface area (Å²) in [4.78, 5) is 2.22. The normalized spacial score (nSPS) is 17.6. The van der Waals surface area contributed by atoms with Crippen molar-refractivity contribution in [2.45, 2.75) is 13.8 Å². The predicted molar refractivity (Wildman–Crippen MR) is 69.5 cm³/mol. The molecule has 0 radical (unpaired) electrons. The van der Waals surface area contributed by atoms with Gasteiger partial charge >= 0.3 is 0 Å². The smallest absolute Gasteiger partial charge is 0.0584 e. The molecule has 0 aliphatic carbocycles. The summed E-state index contributed by atoms with van der Waals surface area (Å²) in [5, 5.41) is 9.44. The number of hydrogen-bond donors (Lipinski definition) is 1. The van der Waals surface area contributed by atoms with E-state index in [1.165, 1.54) is 16.8 Å². The van der Waals surface area contributed by atoms with Gasteiger partial charge in [-0.25, -0.2) is 0 Å². The Labute approximate surface area is 103 Å². The van der Waals surface area contributed by atoms with E-state index in [4.69, 9.17) is 4.74 Å². The van der Waals surface area contributed by atoms with Crippen LogP contribution in [0.5, 0.6) is 0 Å². The lowest BCUT2D eigenvalue weighted by atomic mass is 9.86. The van der Waals surface area contributed by atoms with Crippen molar-refractivity contribution >= 4 is 5.69 Å². The van der Waals surface area contributed by atoms with E-state index in [1.807, 2.05) is 0 Å². The minimum Gasteiger partial charge on any atom is -0.396 e. The summed E-state index contributed by atoms with van der Waals surface area (Å²) in [6, 6.07) is 6.46. The molecule has 2 rings (SSSR count). The van der Waals surface area contributed by atoms with Crippen molar-refractivity contribution in [3.8, 4) is 0 Å². The molecule has 0 aromatic heterocycles. The Kier molecular flexibility index (Phi) is 3.40. The Hall–Kier alpha value is -1.06. The number of aliphatic hydroxyl groups excluding tert-OH is 1. The summed E-state index contributed by atoms with van der Waals surface area (Å²) < 4.78 is 5.23. The van der Waals surface area contributed by atoms with Crippen LogP contribution in [0.15, 0.2) is 18.2 Å². The van der Waals surface area contributed by atoms with Crippen LogP contribution in [-0.2, 0) is 4.74 Å². The number of benzene rings is 1. The average molecular weight is 235 g/mol.